The van der Waals surface area contributed by atoms with Crippen LogP contribution in [-0.4, -0.2) is 71.8 Å². The molecule has 0 saturated carbocycles. The van der Waals surface area contributed by atoms with Gasteiger partial charge in [0.25, 0.3) is 0 Å². The van der Waals surface area contributed by atoms with E-state index in [4.69, 9.17) is 9.47 Å². The van der Waals surface area contributed by atoms with Crippen LogP contribution in [0.4, 0.5) is 0 Å². The van der Waals surface area contributed by atoms with Crippen molar-refractivity contribution in [3.63, 3.8) is 0 Å². The Labute approximate surface area is 165 Å². The molecule has 4 heterocycles. The minimum Gasteiger partial charge on any atom is -0.375 e. The molecule has 3 fully saturated rings. The minimum absolute atomic E-state index is 0.0567. The lowest BCUT2D eigenvalue weighted by atomic mass is 9.83. The average molecular weight is 394 g/mol. The average Bonchev–Trinajstić information content (AvgIpc) is 3.35. The van der Waals surface area contributed by atoms with Crippen molar-refractivity contribution in [2.24, 2.45) is 0 Å². The number of carbonyl (C=O) groups excluding carboxylic acids is 1. The van der Waals surface area contributed by atoms with Gasteiger partial charge in [0.2, 0.25) is 5.91 Å². The number of likely N-dealkylation sites (tertiary alicyclic amines) is 2. The van der Waals surface area contributed by atoms with Gasteiger partial charge in [0, 0.05) is 50.6 Å². The first-order valence-corrected chi connectivity index (χ1v) is 11.2. The Bertz CT molecular complexity index is 636. The van der Waals surface area contributed by atoms with Crippen LogP contribution in [0.25, 0.3) is 0 Å². The highest BCUT2D eigenvalue weighted by Crippen LogP contribution is 2.36. The molecule has 1 atom stereocenters. The molecule has 1 amide bonds. The number of carbonyl (C=O) groups is 1. The standard InChI is InChI=1S/C20H31N3O3S/c1-16-18(27-15-21-16)13-22-9-5-20(6-10-22)12-17(4-11-26-20)25-14-19(24)23-7-2-3-8-23/h15,17H,2-14H2,1H3. The third-order valence-corrected chi connectivity index (χ3v) is 7.25. The topological polar surface area (TPSA) is 54.9 Å². The Balaban J connectivity index is 1.24. The monoisotopic (exact) mass is 393 g/mol. The third-order valence-electron chi connectivity index (χ3n) is 6.33. The molecule has 0 N–H and O–H groups in total. The van der Waals surface area contributed by atoms with Crippen molar-refractivity contribution >= 4 is 17.2 Å². The van der Waals surface area contributed by atoms with Crippen molar-refractivity contribution in [3.8, 4) is 0 Å². The van der Waals surface area contributed by atoms with E-state index in [1.54, 1.807) is 11.3 Å². The van der Waals surface area contributed by atoms with Crippen LogP contribution in [0.1, 0.15) is 49.1 Å². The van der Waals surface area contributed by atoms with Gasteiger partial charge >= 0.3 is 0 Å². The Kier molecular flexibility index (Phi) is 6.12. The van der Waals surface area contributed by atoms with Crippen LogP contribution >= 0.6 is 11.3 Å². The zero-order valence-electron chi connectivity index (χ0n) is 16.3. The predicted octanol–water partition coefficient (Wildman–Crippen LogP) is 2.60. The summed E-state index contributed by atoms with van der Waals surface area (Å²) in [6.07, 6.45) is 6.33. The highest BCUT2D eigenvalue weighted by Gasteiger charge is 2.41. The van der Waals surface area contributed by atoms with Crippen LogP contribution in [0.15, 0.2) is 5.51 Å². The molecular formula is C20H31N3O3S. The van der Waals surface area contributed by atoms with E-state index >= 15 is 0 Å². The number of amides is 1. The molecule has 1 aromatic rings. The normalized spacial score (nSPS) is 26.0. The van der Waals surface area contributed by atoms with Gasteiger partial charge in [-0.15, -0.1) is 11.3 Å². The van der Waals surface area contributed by atoms with Gasteiger partial charge in [-0.25, -0.2) is 4.98 Å². The van der Waals surface area contributed by atoms with Crippen LogP contribution in [-0.2, 0) is 20.8 Å². The fourth-order valence-corrected chi connectivity index (χ4v) is 5.34. The van der Waals surface area contributed by atoms with E-state index in [1.807, 2.05) is 10.4 Å². The number of hydrogen-bond acceptors (Lipinski definition) is 6. The van der Waals surface area contributed by atoms with Crippen molar-refractivity contribution in [1.29, 1.82) is 0 Å². The molecule has 0 aromatic carbocycles. The van der Waals surface area contributed by atoms with Crippen molar-refractivity contribution < 1.29 is 14.3 Å². The lowest BCUT2D eigenvalue weighted by Crippen LogP contribution is -2.50. The molecular weight excluding hydrogens is 362 g/mol. The molecule has 3 saturated heterocycles. The summed E-state index contributed by atoms with van der Waals surface area (Å²) in [7, 11) is 0. The van der Waals surface area contributed by atoms with Gasteiger partial charge < -0.3 is 14.4 Å². The predicted molar refractivity (Wildman–Crippen MR) is 105 cm³/mol. The van der Waals surface area contributed by atoms with E-state index in [1.165, 1.54) is 4.88 Å². The van der Waals surface area contributed by atoms with E-state index in [9.17, 15) is 4.79 Å². The fourth-order valence-electron chi connectivity index (χ4n) is 4.52. The largest absolute Gasteiger partial charge is 0.375 e. The summed E-state index contributed by atoms with van der Waals surface area (Å²) < 4.78 is 12.3. The highest BCUT2D eigenvalue weighted by molar-refractivity contribution is 7.09. The summed E-state index contributed by atoms with van der Waals surface area (Å²) in [6.45, 7) is 7.97. The Morgan fingerprint density at radius 1 is 1.33 bits per heavy atom. The Morgan fingerprint density at radius 2 is 2.11 bits per heavy atom. The molecule has 0 aliphatic carbocycles. The fraction of sp³-hybridized carbons (Fsp3) is 0.800. The number of hydrogen-bond donors (Lipinski definition) is 0. The quantitative estimate of drug-likeness (QED) is 0.770. The van der Waals surface area contributed by atoms with Gasteiger partial charge in [-0.3, -0.25) is 9.69 Å². The molecule has 1 spiro atoms. The molecule has 27 heavy (non-hydrogen) atoms. The molecule has 6 nitrogen and oxygen atoms in total. The van der Waals surface area contributed by atoms with Gasteiger partial charge in [0.15, 0.2) is 0 Å². The van der Waals surface area contributed by atoms with Gasteiger partial charge in [-0.05, 0) is 39.0 Å². The smallest absolute Gasteiger partial charge is 0.248 e. The van der Waals surface area contributed by atoms with E-state index in [0.29, 0.717) is 0 Å². The molecule has 4 rings (SSSR count). The van der Waals surface area contributed by atoms with Crippen molar-refractivity contribution in [2.75, 3.05) is 39.4 Å². The Hall–Kier alpha value is -1.02. The molecule has 7 heteroatoms. The zero-order chi connectivity index (χ0) is 18.7. The van der Waals surface area contributed by atoms with Crippen LogP contribution in [0.2, 0.25) is 0 Å². The van der Waals surface area contributed by atoms with Crippen molar-refractivity contribution in [2.45, 2.75) is 63.7 Å². The van der Waals surface area contributed by atoms with E-state index in [2.05, 4.69) is 16.8 Å². The molecule has 0 radical (unpaired) electrons. The summed E-state index contributed by atoms with van der Waals surface area (Å²) in [4.78, 5) is 22.4. The summed E-state index contributed by atoms with van der Waals surface area (Å²) in [6, 6.07) is 0. The number of thiazole rings is 1. The van der Waals surface area contributed by atoms with Crippen LogP contribution in [0, 0.1) is 6.92 Å². The number of ether oxygens (including phenoxy) is 2. The van der Waals surface area contributed by atoms with Gasteiger partial charge in [0.05, 0.1) is 22.9 Å². The first-order valence-electron chi connectivity index (χ1n) is 10.3. The summed E-state index contributed by atoms with van der Waals surface area (Å²) in [5.74, 6) is 0.155. The molecule has 1 unspecified atom stereocenters. The van der Waals surface area contributed by atoms with Gasteiger partial charge in [0.1, 0.15) is 6.61 Å². The maximum atomic E-state index is 12.2. The number of aryl methyl sites for hydroxylation is 1. The summed E-state index contributed by atoms with van der Waals surface area (Å²) in [5.41, 5.74) is 3.04. The SMILES string of the molecule is Cc1ncsc1CN1CCC2(CC1)CC(OCC(=O)N1CCCC1)CCO2. The number of rotatable bonds is 5. The van der Waals surface area contributed by atoms with Crippen molar-refractivity contribution in [3.05, 3.63) is 16.1 Å². The highest BCUT2D eigenvalue weighted by atomic mass is 32.1. The molecule has 0 bridgehead atoms. The first kappa shape index (κ1) is 19.3. The molecule has 150 valence electrons. The second-order valence-corrected chi connectivity index (χ2v) is 9.12. The lowest BCUT2D eigenvalue weighted by molar-refractivity contribution is -0.163. The number of aromatic nitrogens is 1. The van der Waals surface area contributed by atoms with Crippen LogP contribution < -0.4 is 0 Å². The molecule has 3 aliphatic heterocycles. The van der Waals surface area contributed by atoms with Crippen LogP contribution in [0.3, 0.4) is 0 Å². The van der Waals surface area contributed by atoms with E-state index in [-0.39, 0.29) is 24.2 Å². The number of nitrogens with zero attached hydrogens (tertiary/aromatic N) is 3. The maximum Gasteiger partial charge on any atom is 0.248 e. The molecule has 1 aromatic heterocycles. The van der Waals surface area contributed by atoms with Gasteiger partial charge in [-0.1, -0.05) is 0 Å². The second-order valence-electron chi connectivity index (χ2n) is 8.18. The van der Waals surface area contributed by atoms with Gasteiger partial charge in [-0.2, -0.15) is 0 Å². The number of piperidine rings is 1. The summed E-state index contributed by atoms with van der Waals surface area (Å²) in [5, 5.41) is 0. The second kappa shape index (κ2) is 8.55. The third kappa shape index (κ3) is 4.70. The maximum absolute atomic E-state index is 12.2. The van der Waals surface area contributed by atoms with E-state index in [0.717, 1.165) is 83.5 Å². The Morgan fingerprint density at radius 3 is 2.81 bits per heavy atom. The molecule has 3 aliphatic rings. The van der Waals surface area contributed by atoms with Crippen molar-refractivity contribution in [1.82, 2.24) is 14.8 Å². The van der Waals surface area contributed by atoms with E-state index < -0.39 is 0 Å². The lowest BCUT2D eigenvalue weighted by Gasteiger charge is -2.46. The minimum atomic E-state index is -0.0567. The van der Waals surface area contributed by atoms with Crippen LogP contribution in [0.5, 0.6) is 0 Å². The summed E-state index contributed by atoms with van der Waals surface area (Å²) >= 11 is 1.75. The zero-order valence-corrected chi connectivity index (χ0v) is 17.1. The first-order chi connectivity index (χ1) is 13.1.